The van der Waals surface area contributed by atoms with Crippen LogP contribution in [-0.2, 0) is 9.47 Å². The van der Waals surface area contributed by atoms with E-state index < -0.39 is 80.1 Å². The predicted molar refractivity (Wildman–Crippen MR) is 111 cm³/mol. The Bertz CT molecular complexity index is 1070. The molecule has 3 heterocycles. The van der Waals surface area contributed by atoms with Crippen LogP contribution in [0.2, 0.25) is 0 Å². The summed E-state index contributed by atoms with van der Waals surface area (Å²) < 4.78 is 26.8. The van der Waals surface area contributed by atoms with Gasteiger partial charge in [0.05, 0.1) is 18.6 Å². The van der Waals surface area contributed by atoms with Crippen LogP contribution in [-0.4, -0.2) is 115 Å². The van der Waals surface area contributed by atoms with E-state index in [-0.39, 0.29) is 22.5 Å². The molecule has 0 spiro atoms. The summed E-state index contributed by atoms with van der Waals surface area (Å²) >= 11 is 0. The van der Waals surface area contributed by atoms with Crippen molar-refractivity contribution in [2.75, 3.05) is 13.2 Å². The van der Waals surface area contributed by atoms with Crippen LogP contribution in [0.25, 0.3) is 11.0 Å². The molecular formula is C21H26O14. The van der Waals surface area contributed by atoms with Gasteiger partial charge < -0.3 is 64.2 Å². The molecule has 35 heavy (non-hydrogen) atoms. The molecule has 2 aliphatic rings. The van der Waals surface area contributed by atoms with Gasteiger partial charge in [0, 0.05) is 6.07 Å². The van der Waals surface area contributed by atoms with E-state index in [0.29, 0.717) is 0 Å². The van der Waals surface area contributed by atoms with E-state index in [9.17, 15) is 45.6 Å². The number of benzene rings is 1. The van der Waals surface area contributed by atoms with Crippen LogP contribution in [0.15, 0.2) is 33.7 Å². The summed E-state index contributed by atoms with van der Waals surface area (Å²) in [5.41, 5.74) is -0.652. The van der Waals surface area contributed by atoms with E-state index in [1.165, 1.54) is 18.2 Å². The van der Waals surface area contributed by atoms with Crippen molar-refractivity contribution in [2.24, 2.45) is 0 Å². The molecule has 4 rings (SSSR count). The monoisotopic (exact) mass is 502 g/mol. The Morgan fingerprint density at radius 1 is 0.743 bits per heavy atom. The van der Waals surface area contributed by atoms with Crippen LogP contribution in [0, 0.1) is 0 Å². The van der Waals surface area contributed by atoms with Gasteiger partial charge in [-0.1, -0.05) is 0 Å². The van der Waals surface area contributed by atoms with Gasteiger partial charge in [0.25, 0.3) is 0 Å². The molecule has 2 fully saturated rings. The van der Waals surface area contributed by atoms with Crippen molar-refractivity contribution in [3.63, 3.8) is 0 Å². The Morgan fingerprint density at radius 3 is 1.83 bits per heavy atom. The SMILES string of the molecule is O=c1c(O[C@H]2O[C@@H](CO)[C@H](O)[C@H](O)[C@@H]2O)coc2cc(O[C@H]3O[C@@H](CO)[C@H](O)[C@H](O)[C@@H]3O)ccc12. The molecular weight excluding hydrogens is 476 g/mol. The van der Waals surface area contributed by atoms with Gasteiger partial charge in [-0.3, -0.25) is 4.79 Å². The Hall–Kier alpha value is -2.37. The van der Waals surface area contributed by atoms with Crippen molar-refractivity contribution in [3.05, 3.63) is 34.7 Å². The fourth-order valence-corrected chi connectivity index (χ4v) is 3.83. The molecule has 0 saturated carbocycles. The largest absolute Gasteiger partial charge is 0.462 e. The molecule has 0 bridgehead atoms. The summed E-state index contributed by atoms with van der Waals surface area (Å²) in [4.78, 5) is 12.8. The topological polar surface area (TPSA) is 229 Å². The molecule has 2 aliphatic heterocycles. The van der Waals surface area contributed by atoms with Crippen molar-refractivity contribution in [1.29, 1.82) is 0 Å². The first-order valence-electron chi connectivity index (χ1n) is 10.7. The number of hydrogen-bond acceptors (Lipinski definition) is 14. The second-order valence-corrected chi connectivity index (χ2v) is 8.22. The van der Waals surface area contributed by atoms with E-state index in [2.05, 4.69) is 0 Å². The van der Waals surface area contributed by atoms with E-state index in [1.54, 1.807) is 0 Å². The van der Waals surface area contributed by atoms with Crippen molar-refractivity contribution in [3.8, 4) is 11.5 Å². The fraction of sp³-hybridized carbons (Fsp3) is 0.571. The summed E-state index contributed by atoms with van der Waals surface area (Å²) in [7, 11) is 0. The maximum Gasteiger partial charge on any atom is 0.234 e. The molecule has 14 heteroatoms. The summed E-state index contributed by atoms with van der Waals surface area (Å²) in [5.74, 6) is -0.322. The lowest BCUT2D eigenvalue weighted by molar-refractivity contribution is -0.277. The lowest BCUT2D eigenvalue weighted by Gasteiger charge is -2.39. The van der Waals surface area contributed by atoms with Crippen LogP contribution in [0.4, 0.5) is 0 Å². The van der Waals surface area contributed by atoms with Gasteiger partial charge in [-0.15, -0.1) is 0 Å². The second kappa shape index (κ2) is 10.3. The van der Waals surface area contributed by atoms with Gasteiger partial charge >= 0.3 is 0 Å². The molecule has 2 saturated heterocycles. The van der Waals surface area contributed by atoms with Gasteiger partial charge in [0.15, 0.2) is 0 Å². The third-order valence-corrected chi connectivity index (χ3v) is 5.91. The number of rotatable bonds is 6. The third kappa shape index (κ3) is 4.85. The Kier molecular flexibility index (Phi) is 7.58. The van der Waals surface area contributed by atoms with Crippen LogP contribution in [0.5, 0.6) is 11.5 Å². The lowest BCUT2D eigenvalue weighted by atomic mass is 9.99. The maximum atomic E-state index is 12.8. The van der Waals surface area contributed by atoms with E-state index >= 15 is 0 Å². The minimum Gasteiger partial charge on any atom is -0.462 e. The summed E-state index contributed by atoms with van der Waals surface area (Å²) in [6.07, 6.45) is -14.3. The van der Waals surface area contributed by atoms with Crippen LogP contribution >= 0.6 is 0 Å². The van der Waals surface area contributed by atoms with E-state index in [1.807, 2.05) is 0 Å². The molecule has 8 N–H and O–H groups in total. The molecule has 0 amide bonds. The Balaban J connectivity index is 1.53. The molecule has 2 aromatic rings. The molecule has 14 nitrogen and oxygen atoms in total. The number of fused-ring (bicyclic) bond motifs is 1. The highest BCUT2D eigenvalue weighted by atomic mass is 16.7. The normalized spacial score (nSPS) is 37.8. The molecule has 0 radical (unpaired) electrons. The van der Waals surface area contributed by atoms with Crippen LogP contribution in [0.1, 0.15) is 0 Å². The molecule has 0 unspecified atom stereocenters. The van der Waals surface area contributed by atoms with E-state index in [4.69, 9.17) is 23.4 Å². The third-order valence-electron chi connectivity index (χ3n) is 5.91. The fourth-order valence-electron chi connectivity index (χ4n) is 3.83. The van der Waals surface area contributed by atoms with Crippen molar-refractivity contribution in [1.82, 2.24) is 0 Å². The molecule has 0 aliphatic carbocycles. The average Bonchev–Trinajstić information content (AvgIpc) is 2.86. The first kappa shape index (κ1) is 25.7. The van der Waals surface area contributed by atoms with Crippen molar-refractivity contribution >= 4 is 11.0 Å². The summed E-state index contributed by atoms with van der Waals surface area (Å²) in [6, 6.07) is 3.93. The Morgan fingerprint density at radius 2 is 1.29 bits per heavy atom. The highest BCUT2D eigenvalue weighted by Crippen LogP contribution is 2.28. The standard InChI is InChI=1S/C21H26O14/c22-4-10-14(25)16(27)18(29)20(33-10)32-7-1-2-8-9(3-7)31-6-12(13(8)24)35-21-19(30)17(28)15(26)11(5-23)34-21/h1-3,6,10-11,14-23,25-30H,4-5H2/t10-,11-,14-,15-,16-,17-,18-,19-,20-,21+/m0/s1. The van der Waals surface area contributed by atoms with Crippen LogP contribution in [0.3, 0.4) is 0 Å². The van der Waals surface area contributed by atoms with E-state index in [0.717, 1.165) is 6.26 Å². The molecule has 1 aromatic heterocycles. The zero-order valence-corrected chi connectivity index (χ0v) is 18.0. The van der Waals surface area contributed by atoms with Gasteiger partial charge in [-0.05, 0) is 12.1 Å². The van der Waals surface area contributed by atoms with Crippen LogP contribution < -0.4 is 14.9 Å². The first-order chi connectivity index (χ1) is 16.7. The number of aliphatic hydroxyl groups excluding tert-OH is 8. The zero-order chi connectivity index (χ0) is 25.4. The predicted octanol–water partition coefficient (Wildman–Crippen LogP) is -3.85. The summed E-state index contributed by atoms with van der Waals surface area (Å²) in [6.45, 7) is -1.30. The lowest BCUT2D eigenvalue weighted by Crippen LogP contribution is -2.60. The quantitative estimate of drug-likeness (QED) is 0.189. The molecule has 194 valence electrons. The number of aliphatic hydroxyl groups is 8. The van der Waals surface area contributed by atoms with Crippen molar-refractivity contribution < 1.29 is 64.2 Å². The van der Waals surface area contributed by atoms with Crippen molar-refractivity contribution in [2.45, 2.75) is 61.4 Å². The van der Waals surface area contributed by atoms with Gasteiger partial charge in [0.1, 0.15) is 66.4 Å². The maximum absolute atomic E-state index is 12.8. The van der Waals surface area contributed by atoms with Gasteiger partial charge in [0.2, 0.25) is 23.8 Å². The number of ether oxygens (including phenoxy) is 4. The second-order valence-electron chi connectivity index (χ2n) is 8.22. The zero-order valence-electron chi connectivity index (χ0n) is 18.0. The minimum absolute atomic E-state index is 0.0215. The Labute approximate surface area is 196 Å². The average molecular weight is 502 g/mol. The number of hydrogen-bond donors (Lipinski definition) is 8. The summed E-state index contributed by atoms with van der Waals surface area (Å²) in [5, 5.41) is 78.2. The smallest absolute Gasteiger partial charge is 0.234 e. The molecule has 10 atom stereocenters. The highest BCUT2D eigenvalue weighted by molar-refractivity contribution is 5.79. The minimum atomic E-state index is -1.72. The van der Waals surface area contributed by atoms with Gasteiger partial charge in [-0.25, -0.2) is 0 Å². The highest BCUT2D eigenvalue weighted by Gasteiger charge is 2.46. The molecule has 1 aromatic carbocycles. The van der Waals surface area contributed by atoms with Gasteiger partial charge in [-0.2, -0.15) is 0 Å². The first-order valence-corrected chi connectivity index (χ1v) is 10.7.